The number of carbonyl (C=O) groups excluding carboxylic acids is 2. The summed E-state index contributed by atoms with van der Waals surface area (Å²) in [5.41, 5.74) is 2.75. The molecule has 19 heavy (non-hydrogen) atoms. The third-order valence-corrected chi connectivity index (χ3v) is 3.38. The summed E-state index contributed by atoms with van der Waals surface area (Å²) >= 11 is 0. The summed E-state index contributed by atoms with van der Waals surface area (Å²) in [6, 6.07) is 17.4. The van der Waals surface area contributed by atoms with E-state index in [4.69, 9.17) is 0 Å². The van der Waals surface area contributed by atoms with Gasteiger partial charge in [-0.25, -0.2) is 0 Å². The summed E-state index contributed by atoms with van der Waals surface area (Å²) in [4.78, 5) is 23.7. The fourth-order valence-electron chi connectivity index (χ4n) is 2.47. The first kappa shape index (κ1) is 11.7. The van der Waals surface area contributed by atoms with E-state index in [1.54, 1.807) is 0 Å². The number of hydrogen-bond donors (Lipinski definition) is 1. The molecule has 1 aliphatic heterocycles. The normalized spacial score (nSPS) is 18.4. The van der Waals surface area contributed by atoms with Crippen molar-refractivity contribution in [1.29, 1.82) is 0 Å². The van der Waals surface area contributed by atoms with Crippen LogP contribution in [-0.2, 0) is 9.59 Å². The minimum Gasteiger partial charge on any atom is -0.348 e. The Labute approximate surface area is 111 Å². The summed E-state index contributed by atoms with van der Waals surface area (Å²) in [5.74, 6) is -0.932. The Morgan fingerprint density at radius 2 is 1.58 bits per heavy atom. The summed E-state index contributed by atoms with van der Waals surface area (Å²) in [6.45, 7) is 0.132. The SMILES string of the molecule is O=C1CNC(=O)C1c1ccccc1-c1ccccc1. The molecular formula is C16H13NO2. The molecule has 2 aromatic carbocycles. The molecule has 1 saturated heterocycles. The van der Waals surface area contributed by atoms with E-state index in [1.807, 2.05) is 54.6 Å². The van der Waals surface area contributed by atoms with Crippen LogP contribution in [0.15, 0.2) is 54.6 Å². The predicted molar refractivity (Wildman–Crippen MR) is 72.6 cm³/mol. The highest BCUT2D eigenvalue weighted by Gasteiger charge is 2.35. The summed E-state index contributed by atoms with van der Waals surface area (Å²) < 4.78 is 0. The van der Waals surface area contributed by atoms with Gasteiger partial charge in [-0.15, -0.1) is 0 Å². The second kappa shape index (κ2) is 4.69. The zero-order valence-corrected chi connectivity index (χ0v) is 10.3. The van der Waals surface area contributed by atoms with Crippen LogP contribution in [0.2, 0.25) is 0 Å². The van der Waals surface area contributed by atoms with E-state index in [9.17, 15) is 9.59 Å². The fourth-order valence-corrected chi connectivity index (χ4v) is 2.47. The Bertz CT molecular complexity index is 618. The van der Waals surface area contributed by atoms with Crippen LogP contribution in [0.5, 0.6) is 0 Å². The molecule has 0 bridgehead atoms. The van der Waals surface area contributed by atoms with Gasteiger partial charge in [0, 0.05) is 0 Å². The molecule has 2 aromatic rings. The van der Waals surface area contributed by atoms with Crippen LogP contribution in [-0.4, -0.2) is 18.2 Å². The van der Waals surface area contributed by atoms with Crippen molar-refractivity contribution in [3.05, 3.63) is 60.2 Å². The van der Waals surface area contributed by atoms with Crippen molar-refractivity contribution in [2.75, 3.05) is 6.54 Å². The van der Waals surface area contributed by atoms with Crippen molar-refractivity contribution in [2.24, 2.45) is 0 Å². The van der Waals surface area contributed by atoms with Crippen LogP contribution >= 0.6 is 0 Å². The molecule has 1 amide bonds. The van der Waals surface area contributed by atoms with Crippen molar-refractivity contribution in [1.82, 2.24) is 5.32 Å². The standard InChI is InChI=1S/C16H13NO2/c18-14-10-17-16(19)15(14)13-9-5-4-8-12(13)11-6-2-1-3-7-11/h1-9,15H,10H2,(H,17,19). The minimum atomic E-state index is -0.670. The minimum absolute atomic E-state index is 0.0617. The van der Waals surface area contributed by atoms with E-state index in [0.29, 0.717) is 0 Å². The molecule has 0 spiro atoms. The van der Waals surface area contributed by atoms with Crippen LogP contribution in [0.1, 0.15) is 11.5 Å². The lowest BCUT2D eigenvalue weighted by atomic mass is 9.89. The van der Waals surface area contributed by atoms with Gasteiger partial charge in [-0.3, -0.25) is 9.59 Å². The van der Waals surface area contributed by atoms with Crippen LogP contribution in [0.4, 0.5) is 0 Å². The Kier molecular flexibility index (Phi) is 2.88. The average Bonchev–Trinajstić information content (AvgIpc) is 2.79. The number of benzene rings is 2. The zero-order valence-electron chi connectivity index (χ0n) is 10.3. The third-order valence-electron chi connectivity index (χ3n) is 3.38. The van der Waals surface area contributed by atoms with Gasteiger partial charge in [0.2, 0.25) is 5.91 Å². The van der Waals surface area contributed by atoms with E-state index in [0.717, 1.165) is 16.7 Å². The number of nitrogens with one attached hydrogen (secondary N) is 1. The van der Waals surface area contributed by atoms with Gasteiger partial charge in [0.05, 0.1) is 6.54 Å². The highest BCUT2D eigenvalue weighted by atomic mass is 16.2. The van der Waals surface area contributed by atoms with Gasteiger partial charge in [0.1, 0.15) is 5.92 Å². The van der Waals surface area contributed by atoms with Gasteiger partial charge in [0.25, 0.3) is 0 Å². The van der Waals surface area contributed by atoms with Crippen LogP contribution in [0.3, 0.4) is 0 Å². The highest BCUT2D eigenvalue weighted by molar-refractivity contribution is 6.14. The highest BCUT2D eigenvalue weighted by Crippen LogP contribution is 2.31. The molecule has 3 rings (SSSR count). The molecule has 1 aliphatic rings. The quantitative estimate of drug-likeness (QED) is 0.831. The lowest BCUT2D eigenvalue weighted by molar-refractivity contribution is -0.124. The van der Waals surface area contributed by atoms with E-state index in [1.165, 1.54) is 0 Å². The molecule has 3 heteroatoms. The molecule has 1 heterocycles. The lowest BCUT2D eigenvalue weighted by Gasteiger charge is -2.12. The van der Waals surface area contributed by atoms with Gasteiger partial charge in [-0.05, 0) is 16.7 Å². The van der Waals surface area contributed by atoms with Crippen molar-refractivity contribution in [2.45, 2.75) is 5.92 Å². The van der Waals surface area contributed by atoms with E-state index in [2.05, 4.69) is 5.32 Å². The Hall–Kier alpha value is -2.42. The second-order valence-electron chi connectivity index (χ2n) is 4.57. The topological polar surface area (TPSA) is 46.2 Å². The van der Waals surface area contributed by atoms with Crippen LogP contribution in [0, 0.1) is 0 Å². The number of rotatable bonds is 2. The van der Waals surface area contributed by atoms with Crippen LogP contribution < -0.4 is 5.32 Å². The Morgan fingerprint density at radius 3 is 2.26 bits per heavy atom. The molecule has 0 saturated carbocycles. The Morgan fingerprint density at radius 1 is 0.895 bits per heavy atom. The zero-order chi connectivity index (χ0) is 13.2. The number of amides is 1. The molecular weight excluding hydrogens is 238 g/mol. The molecule has 94 valence electrons. The van der Waals surface area contributed by atoms with Crippen molar-refractivity contribution in [3.8, 4) is 11.1 Å². The number of carbonyl (C=O) groups is 2. The van der Waals surface area contributed by atoms with Gasteiger partial charge in [-0.2, -0.15) is 0 Å². The number of Topliss-reactive ketones (excluding diaryl/α,β-unsaturated/α-hetero) is 1. The van der Waals surface area contributed by atoms with Gasteiger partial charge in [-0.1, -0.05) is 54.6 Å². The molecule has 1 fully saturated rings. The largest absolute Gasteiger partial charge is 0.348 e. The lowest BCUT2D eigenvalue weighted by Crippen LogP contribution is -2.18. The first-order valence-electron chi connectivity index (χ1n) is 6.22. The van der Waals surface area contributed by atoms with Gasteiger partial charge < -0.3 is 5.32 Å². The summed E-state index contributed by atoms with van der Waals surface area (Å²) in [7, 11) is 0. The first-order valence-corrected chi connectivity index (χ1v) is 6.22. The van der Waals surface area contributed by atoms with Gasteiger partial charge >= 0.3 is 0 Å². The molecule has 1 atom stereocenters. The second-order valence-corrected chi connectivity index (χ2v) is 4.57. The predicted octanol–water partition coefficient (Wildman–Crippen LogP) is 2.14. The molecule has 1 N–H and O–H groups in total. The number of ketones is 1. The summed E-state index contributed by atoms with van der Waals surface area (Å²) in [6.07, 6.45) is 0. The molecule has 0 aliphatic carbocycles. The van der Waals surface area contributed by atoms with E-state index in [-0.39, 0.29) is 18.2 Å². The molecule has 3 nitrogen and oxygen atoms in total. The van der Waals surface area contributed by atoms with Gasteiger partial charge in [0.15, 0.2) is 5.78 Å². The smallest absolute Gasteiger partial charge is 0.235 e. The monoisotopic (exact) mass is 251 g/mol. The first-order chi connectivity index (χ1) is 9.27. The Balaban J connectivity index is 2.13. The fraction of sp³-hybridized carbons (Fsp3) is 0.125. The third kappa shape index (κ3) is 2.03. The number of hydrogen-bond acceptors (Lipinski definition) is 2. The maximum absolute atomic E-state index is 11.9. The maximum Gasteiger partial charge on any atom is 0.235 e. The van der Waals surface area contributed by atoms with Crippen molar-refractivity contribution in [3.63, 3.8) is 0 Å². The molecule has 0 radical (unpaired) electrons. The summed E-state index contributed by atoms with van der Waals surface area (Å²) in [5, 5.41) is 2.61. The van der Waals surface area contributed by atoms with Crippen molar-refractivity contribution >= 4 is 11.7 Å². The van der Waals surface area contributed by atoms with Crippen molar-refractivity contribution < 1.29 is 9.59 Å². The maximum atomic E-state index is 11.9. The molecule has 1 unspecified atom stereocenters. The average molecular weight is 251 g/mol. The van der Waals surface area contributed by atoms with Crippen LogP contribution in [0.25, 0.3) is 11.1 Å². The van der Waals surface area contributed by atoms with E-state index < -0.39 is 5.92 Å². The van der Waals surface area contributed by atoms with E-state index >= 15 is 0 Å². The molecule has 0 aromatic heterocycles.